The van der Waals surface area contributed by atoms with Crippen molar-refractivity contribution in [2.24, 2.45) is 11.8 Å². The van der Waals surface area contributed by atoms with Crippen molar-refractivity contribution in [3.63, 3.8) is 0 Å². The molecule has 0 aromatic carbocycles. The van der Waals surface area contributed by atoms with Crippen LogP contribution in [-0.4, -0.2) is 41.6 Å². The number of carbonyl (C=O) groups excluding carboxylic acids is 1. The lowest BCUT2D eigenvalue weighted by Crippen LogP contribution is -2.43. The van der Waals surface area contributed by atoms with E-state index in [1.165, 1.54) is 25.7 Å². The van der Waals surface area contributed by atoms with E-state index in [2.05, 4.69) is 30.3 Å². The molecule has 2 aliphatic rings. The van der Waals surface area contributed by atoms with Gasteiger partial charge in [-0.1, -0.05) is 33.1 Å². The Balaban J connectivity index is 2.03. The second-order valence-electron chi connectivity index (χ2n) is 6.40. The van der Waals surface area contributed by atoms with E-state index >= 15 is 0 Å². The molecule has 0 aromatic heterocycles. The van der Waals surface area contributed by atoms with Crippen LogP contribution in [0.5, 0.6) is 0 Å². The monoisotopic (exact) mass is 298 g/mol. The highest BCUT2D eigenvalue weighted by Crippen LogP contribution is 2.33. The largest absolute Gasteiger partial charge is 0.325 e. The van der Waals surface area contributed by atoms with E-state index in [0.29, 0.717) is 23.9 Å². The molecule has 2 rings (SSSR count). The minimum atomic E-state index is 0.0554. The Kier molecular flexibility index (Phi) is 6.21. The van der Waals surface area contributed by atoms with Gasteiger partial charge in [0.05, 0.1) is 12.2 Å². The van der Waals surface area contributed by atoms with Crippen molar-refractivity contribution in [2.75, 3.05) is 18.6 Å². The Bertz CT molecular complexity index is 318. The fraction of sp³-hybridized carbons (Fsp3) is 0.938. The van der Waals surface area contributed by atoms with Gasteiger partial charge in [-0.2, -0.15) is 11.8 Å². The number of nitrogens with zero attached hydrogens (tertiary/aromatic N) is 1. The molecule has 1 saturated heterocycles. The average Bonchev–Trinajstić information content (AvgIpc) is 3.07. The van der Waals surface area contributed by atoms with Gasteiger partial charge in [-0.25, -0.2) is 0 Å². The maximum Gasteiger partial charge on any atom is 0.241 e. The number of hydrogen-bond acceptors (Lipinski definition) is 3. The molecule has 3 unspecified atom stereocenters. The second kappa shape index (κ2) is 7.69. The number of amides is 1. The van der Waals surface area contributed by atoms with Crippen molar-refractivity contribution in [3.05, 3.63) is 0 Å². The summed E-state index contributed by atoms with van der Waals surface area (Å²) in [7, 11) is 0. The molecule has 1 aliphatic heterocycles. The van der Waals surface area contributed by atoms with Gasteiger partial charge in [0, 0.05) is 6.54 Å². The molecule has 20 heavy (non-hydrogen) atoms. The highest BCUT2D eigenvalue weighted by atomic mass is 32.2. The molecule has 4 heteroatoms. The maximum absolute atomic E-state index is 12.7. The minimum absolute atomic E-state index is 0.0554. The molecule has 2 fully saturated rings. The van der Waals surface area contributed by atoms with Crippen LogP contribution in [0.4, 0.5) is 0 Å². The van der Waals surface area contributed by atoms with E-state index < -0.39 is 0 Å². The Morgan fingerprint density at radius 3 is 2.70 bits per heavy atom. The van der Waals surface area contributed by atoms with E-state index in [9.17, 15) is 4.79 Å². The maximum atomic E-state index is 12.7. The summed E-state index contributed by atoms with van der Waals surface area (Å²) < 4.78 is 0. The van der Waals surface area contributed by atoms with Crippen LogP contribution < -0.4 is 5.32 Å². The minimum Gasteiger partial charge on any atom is -0.325 e. The fourth-order valence-corrected chi connectivity index (χ4v) is 4.01. The zero-order valence-corrected chi connectivity index (χ0v) is 14.0. The molecule has 1 heterocycles. The third-order valence-corrected chi connectivity index (χ3v) is 5.74. The number of rotatable bonds is 7. The van der Waals surface area contributed by atoms with E-state index in [4.69, 9.17) is 0 Å². The zero-order chi connectivity index (χ0) is 14.5. The summed E-state index contributed by atoms with van der Waals surface area (Å²) in [6, 6.07) is 0.0554. The van der Waals surface area contributed by atoms with Crippen LogP contribution >= 0.6 is 11.8 Å². The van der Waals surface area contributed by atoms with E-state index in [0.717, 1.165) is 25.1 Å². The van der Waals surface area contributed by atoms with E-state index in [1.54, 1.807) is 0 Å². The molecule has 0 spiro atoms. The molecule has 0 aromatic rings. The summed E-state index contributed by atoms with van der Waals surface area (Å²) >= 11 is 1.87. The van der Waals surface area contributed by atoms with Crippen molar-refractivity contribution in [3.8, 4) is 0 Å². The Labute approximate surface area is 128 Å². The first-order valence-corrected chi connectivity index (χ1v) is 9.63. The quantitative estimate of drug-likeness (QED) is 0.733. The molecule has 3 nitrogen and oxygen atoms in total. The number of thioether (sulfide) groups is 1. The third-order valence-electron chi connectivity index (χ3n) is 5.04. The second-order valence-corrected chi connectivity index (χ2v) is 7.38. The van der Waals surface area contributed by atoms with Gasteiger partial charge in [-0.15, -0.1) is 0 Å². The summed E-state index contributed by atoms with van der Waals surface area (Å²) in [5, 5.41) is 3.68. The SMILES string of the molecule is CCC(C)C1NC(C2CCCC2)N(CCCSC)C1=O. The number of carbonyl (C=O) groups is 1. The van der Waals surface area contributed by atoms with E-state index in [1.807, 2.05) is 11.8 Å². The Morgan fingerprint density at radius 2 is 2.10 bits per heavy atom. The van der Waals surface area contributed by atoms with Crippen LogP contribution in [0.3, 0.4) is 0 Å². The van der Waals surface area contributed by atoms with Crippen LogP contribution in [0.2, 0.25) is 0 Å². The van der Waals surface area contributed by atoms with Crippen molar-refractivity contribution >= 4 is 17.7 Å². The molecule has 0 bridgehead atoms. The Morgan fingerprint density at radius 1 is 1.40 bits per heavy atom. The van der Waals surface area contributed by atoms with Gasteiger partial charge < -0.3 is 4.90 Å². The fourth-order valence-electron chi connectivity index (χ4n) is 3.60. The third kappa shape index (κ3) is 3.51. The first-order chi connectivity index (χ1) is 9.69. The van der Waals surface area contributed by atoms with Crippen LogP contribution in [0.25, 0.3) is 0 Å². The van der Waals surface area contributed by atoms with Crippen LogP contribution in [-0.2, 0) is 4.79 Å². The molecule has 1 saturated carbocycles. The topological polar surface area (TPSA) is 32.3 Å². The van der Waals surface area contributed by atoms with Gasteiger partial charge in [0.25, 0.3) is 0 Å². The van der Waals surface area contributed by atoms with Gasteiger partial charge in [-0.3, -0.25) is 10.1 Å². The smallest absolute Gasteiger partial charge is 0.241 e. The van der Waals surface area contributed by atoms with E-state index in [-0.39, 0.29) is 6.04 Å². The summed E-state index contributed by atoms with van der Waals surface area (Å²) in [5.41, 5.74) is 0. The lowest BCUT2D eigenvalue weighted by Gasteiger charge is -2.29. The molecule has 116 valence electrons. The molecular formula is C16H30N2OS. The number of nitrogens with one attached hydrogen (secondary N) is 1. The van der Waals surface area contributed by atoms with Gasteiger partial charge >= 0.3 is 0 Å². The normalized spacial score (nSPS) is 29.4. The lowest BCUT2D eigenvalue weighted by molar-refractivity contribution is -0.131. The molecule has 1 amide bonds. The highest BCUT2D eigenvalue weighted by Gasteiger charge is 2.44. The summed E-state index contributed by atoms with van der Waals surface area (Å²) in [6.45, 7) is 5.31. The summed E-state index contributed by atoms with van der Waals surface area (Å²) in [6.07, 6.45) is 9.89. The predicted molar refractivity (Wildman–Crippen MR) is 86.8 cm³/mol. The standard InChI is InChI=1S/C16H30N2OS/c1-4-12(2)14-16(19)18(10-7-11-20-3)15(17-14)13-8-5-6-9-13/h12-15,17H,4-11H2,1-3H3. The van der Waals surface area contributed by atoms with Crippen LogP contribution in [0, 0.1) is 11.8 Å². The Hall–Kier alpha value is -0.220. The number of hydrogen-bond donors (Lipinski definition) is 1. The van der Waals surface area contributed by atoms with Gasteiger partial charge in [0.15, 0.2) is 0 Å². The summed E-state index contributed by atoms with van der Waals surface area (Å²) in [4.78, 5) is 14.9. The van der Waals surface area contributed by atoms with Crippen molar-refractivity contribution in [2.45, 2.75) is 64.6 Å². The van der Waals surface area contributed by atoms with Gasteiger partial charge in [0.2, 0.25) is 5.91 Å². The molecule has 1 N–H and O–H groups in total. The predicted octanol–water partition coefficient (Wildman–Crippen LogP) is 3.10. The zero-order valence-electron chi connectivity index (χ0n) is 13.2. The first-order valence-electron chi connectivity index (χ1n) is 8.24. The summed E-state index contributed by atoms with van der Waals surface area (Å²) in [5.74, 6) is 2.63. The van der Waals surface area contributed by atoms with Crippen molar-refractivity contribution in [1.29, 1.82) is 0 Å². The van der Waals surface area contributed by atoms with Crippen LogP contribution in [0.1, 0.15) is 52.4 Å². The first kappa shape index (κ1) is 16.2. The van der Waals surface area contributed by atoms with Crippen LogP contribution in [0.15, 0.2) is 0 Å². The molecule has 1 aliphatic carbocycles. The van der Waals surface area contributed by atoms with Gasteiger partial charge in [0.1, 0.15) is 0 Å². The molecular weight excluding hydrogens is 268 g/mol. The molecule has 3 atom stereocenters. The van der Waals surface area contributed by atoms with Gasteiger partial charge in [-0.05, 0) is 43.1 Å². The lowest BCUT2D eigenvalue weighted by atomic mass is 9.99. The van der Waals surface area contributed by atoms with Crippen molar-refractivity contribution < 1.29 is 4.79 Å². The highest BCUT2D eigenvalue weighted by molar-refractivity contribution is 7.98. The molecule has 0 radical (unpaired) electrons. The average molecular weight is 298 g/mol. The van der Waals surface area contributed by atoms with Crippen molar-refractivity contribution in [1.82, 2.24) is 10.2 Å².